The first-order chi connectivity index (χ1) is 9.88. The van der Waals surface area contributed by atoms with Crippen molar-refractivity contribution < 1.29 is 15.0 Å². The fourth-order valence-electron chi connectivity index (χ4n) is 2.59. The number of nitrogens with zero attached hydrogens (tertiary/aromatic N) is 1. The van der Waals surface area contributed by atoms with Gasteiger partial charge in [-0.2, -0.15) is 0 Å². The molecule has 0 radical (unpaired) electrons. The molecule has 118 valence electrons. The van der Waals surface area contributed by atoms with Crippen molar-refractivity contribution in [1.82, 2.24) is 4.90 Å². The van der Waals surface area contributed by atoms with Gasteiger partial charge < -0.3 is 10.2 Å². The van der Waals surface area contributed by atoms with Crippen LogP contribution in [0.5, 0.6) is 11.5 Å². The average Bonchev–Trinajstić information content (AvgIpc) is 2.42. The number of hydrogen-bond donors (Lipinski definition) is 2. The van der Waals surface area contributed by atoms with Gasteiger partial charge in [0, 0.05) is 18.2 Å². The zero-order valence-corrected chi connectivity index (χ0v) is 13.5. The lowest BCUT2D eigenvalue weighted by Gasteiger charge is -2.31. The van der Waals surface area contributed by atoms with E-state index in [1.807, 2.05) is 0 Å². The molecule has 0 bridgehead atoms. The summed E-state index contributed by atoms with van der Waals surface area (Å²) in [5.74, 6) is 0.00819. The Bertz CT molecular complexity index is 467. The first-order valence-corrected chi connectivity index (χ1v) is 7.68. The number of carbonyl (C=O) groups is 1. The summed E-state index contributed by atoms with van der Waals surface area (Å²) in [6, 6.07) is 4.63. The van der Waals surface area contributed by atoms with Crippen molar-refractivity contribution in [3.05, 3.63) is 23.8 Å². The summed E-state index contributed by atoms with van der Waals surface area (Å²) in [6.07, 6.45) is 2.02. The minimum Gasteiger partial charge on any atom is -0.504 e. The zero-order valence-electron chi connectivity index (χ0n) is 13.5. The van der Waals surface area contributed by atoms with Gasteiger partial charge in [-0.15, -0.1) is 0 Å². The van der Waals surface area contributed by atoms with Crippen molar-refractivity contribution in [2.75, 3.05) is 13.1 Å². The maximum atomic E-state index is 12.4. The lowest BCUT2D eigenvalue weighted by Crippen LogP contribution is -2.40. The predicted octanol–water partition coefficient (Wildman–Crippen LogP) is 3.43. The highest BCUT2D eigenvalue weighted by atomic mass is 16.3. The van der Waals surface area contributed by atoms with Gasteiger partial charge in [-0.1, -0.05) is 27.7 Å². The van der Waals surface area contributed by atoms with Crippen molar-refractivity contribution in [2.24, 2.45) is 5.92 Å². The topological polar surface area (TPSA) is 60.8 Å². The van der Waals surface area contributed by atoms with Gasteiger partial charge >= 0.3 is 0 Å². The van der Waals surface area contributed by atoms with Crippen LogP contribution in [0.3, 0.4) is 0 Å². The molecule has 1 rings (SSSR count). The van der Waals surface area contributed by atoms with Crippen LogP contribution in [0.15, 0.2) is 18.2 Å². The Morgan fingerprint density at radius 2 is 1.76 bits per heavy atom. The van der Waals surface area contributed by atoms with Crippen molar-refractivity contribution in [1.29, 1.82) is 0 Å². The number of carbonyl (C=O) groups excluding carboxylic acids is 1. The molecule has 0 aliphatic carbocycles. The quantitative estimate of drug-likeness (QED) is 0.569. The normalized spacial score (nSPS) is 11.6. The molecule has 0 saturated heterocycles. The zero-order chi connectivity index (χ0) is 16.0. The van der Waals surface area contributed by atoms with Crippen LogP contribution in [0.1, 0.15) is 50.9 Å². The Kier molecular flexibility index (Phi) is 6.69. The van der Waals surface area contributed by atoms with Gasteiger partial charge in [-0.25, -0.2) is 0 Å². The van der Waals surface area contributed by atoms with E-state index in [9.17, 15) is 15.0 Å². The summed E-state index contributed by atoms with van der Waals surface area (Å²) in [4.78, 5) is 14.6. The third kappa shape index (κ3) is 5.05. The number of Topliss-reactive ketones (excluding diaryl/α,β-unsaturated/α-hetero) is 1. The number of benzene rings is 1. The fourth-order valence-corrected chi connectivity index (χ4v) is 2.59. The summed E-state index contributed by atoms with van der Waals surface area (Å²) in [5.41, 5.74) is 0.435. The third-order valence-electron chi connectivity index (χ3n) is 3.70. The maximum absolute atomic E-state index is 12.4. The Labute approximate surface area is 127 Å². The standard InChI is InChI=1S/C17H27NO3/c1-5-14(6-2)18(10-12(3)4)11-17(21)13-7-8-15(19)16(20)9-13/h7-9,12,14,19-20H,5-6,10-11H2,1-4H3. The highest BCUT2D eigenvalue weighted by Crippen LogP contribution is 2.25. The Balaban J connectivity index is 2.86. The number of ketones is 1. The molecule has 0 aliphatic rings. The minimum atomic E-state index is -0.251. The lowest BCUT2D eigenvalue weighted by atomic mass is 10.0. The predicted molar refractivity (Wildman–Crippen MR) is 84.9 cm³/mol. The molecule has 21 heavy (non-hydrogen) atoms. The van der Waals surface area contributed by atoms with E-state index in [-0.39, 0.29) is 17.3 Å². The van der Waals surface area contributed by atoms with Crippen LogP contribution in [0, 0.1) is 5.92 Å². The van der Waals surface area contributed by atoms with Gasteiger partial charge in [-0.05, 0) is 37.0 Å². The SMILES string of the molecule is CCC(CC)N(CC(=O)c1ccc(O)c(O)c1)CC(C)C. The number of aromatic hydroxyl groups is 2. The molecule has 0 fully saturated rings. The van der Waals surface area contributed by atoms with Crippen molar-refractivity contribution in [3.63, 3.8) is 0 Å². The van der Waals surface area contributed by atoms with Crippen LogP contribution in [-0.2, 0) is 0 Å². The number of phenolic OH excluding ortho intramolecular Hbond substituents is 2. The van der Waals surface area contributed by atoms with E-state index in [1.54, 1.807) is 6.07 Å². The molecule has 0 unspecified atom stereocenters. The number of hydrogen-bond acceptors (Lipinski definition) is 4. The van der Waals surface area contributed by atoms with Crippen LogP contribution in [0.2, 0.25) is 0 Å². The van der Waals surface area contributed by atoms with Gasteiger partial charge in [0.2, 0.25) is 0 Å². The monoisotopic (exact) mass is 293 g/mol. The molecule has 0 saturated carbocycles. The van der Waals surface area contributed by atoms with E-state index >= 15 is 0 Å². The molecule has 0 heterocycles. The molecular formula is C17H27NO3. The highest BCUT2D eigenvalue weighted by molar-refractivity contribution is 5.98. The molecule has 2 N–H and O–H groups in total. The summed E-state index contributed by atoms with van der Waals surface area (Å²) in [6.45, 7) is 9.78. The van der Waals surface area contributed by atoms with Crippen molar-refractivity contribution in [3.8, 4) is 11.5 Å². The second kappa shape index (κ2) is 8.03. The fraction of sp³-hybridized carbons (Fsp3) is 0.588. The molecule has 0 aromatic heterocycles. The van der Waals surface area contributed by atoms with Gasteiger partial charge in [0.1, 0.15) is 0 Å². The van der Waals surface area contributed by atoms with E-state index in [0.29, 0.717) is 24.1 Å². The average molecular weight is 293 g/mol. The van der Waals surface area contributed by atoms with E-state index < -0.39 is 0 Å². The molecule has 0 amide bonds. The highest BCUT2D eigenvalue weighted by Gasteiger charge is 2.20. The van der Waals surface area contributed by atoms with Gasteiger partial charge in [0.25, 0.3) is 0 Å². The number of rotatable bonds is 8. The van der Waals surface area contributed by atoms with Crippen molar-refractivity contribution >= 4 is 5.78 Å². The Morgan fingerprint density at radius 1 is 1.14 bits per heavy atom. The molecule has 4 heteroatoms. The van der Waals surface area contributed by atoms with Crippen LogP contribution >= 0.6 is 0 Å². The van der Waals surface area contributed by atoms with Crippen LogP contribution in [-0.4, -0.2) is 40.0 Å². The lowest BCUT2D eigenvalue weighted by molar-refractivity contribution is 0.0865. The van der Waals surface area contributed by atoms with E-state index in [0.717, 1.165) is 19.4 Å². The van der Waals surface area contributed by atoms with Gasteiger partial charge in [0.15, 0.2) is 17.3 Å². The second-order valence-electron chi connectivity index (χ2n) is 5.92. The Morgan fingerprint density at radius 3 is 2.24 bits per heavy atom. The van der Waals surface area contributed by atoms with Crippen LogP contribution in [0.4, 0.5) is 0 Å². The van der Waals surface area contributed by atoms with Gasteiger partial charge in [-0.3, -0.25) is 9.69 Å². The summed E-state index contributed by atoms with van der Waals surface area (Å²) in [7, 11) is 0. The first-order valence-electron chi connectivity index (χ1n) is 7.68. The molecule has 4 nitrogen and oxygen atoms in total. The van der Waals surface area contributed by atoms with Gasteiger partial charge in [0.05, 0.1) is 6.54 Å². The van der Waals surface area contributed by atoms with E-state index in [1.165, 1.54) is 12.1 Å². The van der Waals surface area contributed by atoms with E-state index in [4.69, 9.17) is 0 Å². The summed E-state index contributed by atoms with van der Waals surface area (Å²) in [5, 5.41) is 18.8. The third-order valence-corrected chi connectivity index (χ3v) is 3.70. The van der Waals surface area contributed by atoms with Crippen molar-refractivity contribution in [2.45, 2.75) is 46.6 Å². The van der Waals surface area contributed by atoms with Crippen LogP contribution < -0.4 is 0 Å². The molecule has 0 spiro atoms. The molecule has 0 aliphatic heterocycles. The molecule has 1 aromatic rings. The minimum absolute atomic E-state index is 0.0298. The molecular weight excluding hydrogens is 266 g/mol. The smallest absolute Gasteiger partial charge is 0.176 e. The largest absolute Gasteiger partial charge is 0.504 e. The Hall–Kier alpha value is -1.55. The number of phenols is 2. The summed E-state index contributed by atoms with van der Waals surface area (Å²) >= 11 is 0. The second-order valence-corrected chi connectivity index (χ2v) is 5.92. The first kappa shape index (κ1) is 17.5. The molecule has 1 aromatic carbocycles. The summed E-state index contributed by atoms with van der Waals surface area (Å²) < 4.78 is 0. The molecule has 0 atom stereocenters. The van der Waals surface area contributed by atoms with Crippen LogP contribution in [0.25, 0.3) is 0 Å². The van der Waals surface area contributed by atoms with E-state index in [2.05, 4.69) is 32.6 Å². The maximum Gasteiger partial charge on any atom is 0.176 e.